The quantitative estimate of drug-likeness (QED) is 0.760. The first-order chi connectivity index (χ1) is 9.20. The van der Waals surface area contributed by atoms with Crippen LogP contribution in [0.5, 0.6) is 0 Å². The summed E-state index contributed by atoms with van der Waals surface area (Å²) in [5, 5.41) is 4.50. The van der Waals surface area contributed by atoms with Gasteiger partial charge in [0.2, 0.25) is 0 Å². The second kappa shape index (κ2) is 4.35. The third-order valence-corrected chi connectivity index (χ3v) is 3.29. The maximum Gasteiger partial charge on any atom is 0.125 e. The summed E-state index contributed by atoms with van der Waals surface area (Å²) in [5.41, 5.74) is 10.8. The van der Waals surface area contributed by atoms with Crippen LogP contribution in [0.1, 0.15) is 12.5 Å². The lowest BCUT2D eigenvalue weighted by Gasteiger charge is -2.02. The SMILES string of the molecule is CCc1c(-c2ccc3nccnc3c2)nn(C)c1N. The molecule has 0 unspecified atom stereocenters. The van der Waals surface area contributed by atoms with Crippen molar-refractivity contribution < 1.29 is 0 Å². The van der Waals surface area contributed by atoms with Gasteiger partial charge in [-0.15, -0.1) is 0 Å². The maximum absolute atomic E-state index is 6.04. The first-order valence-electron chi connectivity index (χ1n) is 6.23. The Bertz CT molecular complexity index is 745. The Morgan fingerprint density at radius 3 is 2.63 bits per heavy atom. The van der Waals surface area contributed by atoms with Crippen LogP contribution in [0.3, 0.4) is 0 Å². The fourth-order valence-electron chi connectivity index (χ4n) is 2.27. The number of benzene rings is 1. The molecule has 3 rings (SSSR count). The van der Waals surface area contributed by atoms with Gasteiger partial charge < -0.3 is 5.73 Å². The minimum atomic E-state index is 0.719. The molecule has 0 saturated heterocycles. The molecule has 96 valence electrons. The summed E-state index contributed by atoms with van der Waals surface area (Å²) in [6, 6.07) is 5.98. The van der Waals surface area contributed by atoms with Gasteiger partial charge in [0.05, 0.1) is 16.7 Å². The lowest BCUT2D eigenvalue weighted by Crippen LogP contribution is -1.98. The molecule has 0 fully saturated rings. The van der Waals surface area contributed by atoms with Crippen molar-refractivity contribution in [1.82, 2.24) is 19.7 Å². The molecule has 5 heteroatoms. The van der Waals surface area contributed by atoms with E-state index in [1.54, 1.807) is 17.1 Å². The zero-order valence-corrected chi connectivity index (χ0v) is 11.0. The molecule has 3 aromatic rings. The van der Waals surface area contributed by atoms with Crippen molar-refractivity contribution in [1.29, 1.82) is 0 Å². The maximum atomic E-state index is 6.04. The zero-order chi connectivity index (χ0) is 13.4. The van der Waals surface area contributed by atoms with E-state index < -0.39 is 0 Å². The molecule has 0 aliphatic carbocycles. The van der Waals surface area contributed by atoms with E-state index in [0.29, 0.717) is 0 Å². The highest BCUT2D eigenvalue weighted by Gasteiger charge is 2.14. The van der Waals surface area contributed by atoms with Crippen molar-refractivity contribution in [3.8, 4) is 11.3 Å². The van der Waals surface area contributed by atoms with Crippen LogP contribution in [0.2, 0.25) is 0 Å². The Labute approximate surface area is 111 Å². The van der Waals surface area contributed by atoms with Gasteiger partial charge in [0.25, 0.3) is 0 Å². The topological polar surface area (TPSA) is 69.6 Å². The van der Waals surface area contributed by atoms with E-state index in [1.165, 1.54) is 0 Å². The van der Waals surface area contributed by atoms with Gasteiger partial charge in [0, 0.05) is 30.6 Å². The number of nitrogen functional groups attached to an aromatic ring is 1. The van der Waals surface area contributed by atoms with E-state index in [-0.39, 0.29) is 0 Å². The summed E-state index contributed by atoms with van der Waals surface area (Å²) in [6.07, 6.45) is 4.24. The fraction of sp³-hybridized carbons (Fsp3) is 0.214. The minimum absolute atomic E-state index is 0.719. The normalized spacial score (nSPS) is 11.1. The van der Waals surface area contributed by atoms with Gasteiger partial charge in [0.15, 0.2) is 0 Å². The Morgan fingerprint density at radius 1 is 1.16 bits per heavy atom. The van der Waals surface area contributed by atoms with Crippen LogP contribution < -0.4 is 5.73 Å². The van der Waals surface area contributed by atoms with Gasteiger partial charge in [0.1, 0.15) is 5.82 Å². The average Bonchev–Trinajstić information content (AvgIpc) is 2.74. The standard InChI is InChI=1S/C14H15N5/c1-3-10-13(18-19(2)14(10)15)9-4-5-11-12(8-9)17-7-6-16-11/h4-8H,3,15H2,1-2H3. The number of nitrogens with zero attached hydrogens (tertiary/aromatic N) is 4. The number of aromatic nitrogens is 4. The largest absolute Gasteiger partial charge is 0.384 e. The smallest absolute Gasteiger partial charge is 0.125 e. The second-order valence-corrected chi connectivity index (χ2v) is 4.45. The third kappa shape index (κ3) is 1.83. The van der Waals surface area contributed by atoms with Gasteiger partial charge >= 0.3 is 0 Å². The molecule has 5 nitrogen and oxygen atoms in total. The fourth-order valence-corrected chi connectivity index (χ4v) is 2.27. The molecule has 0 saturated carbocycles. The van der Waals surface area contributed by atoms with Gasteiger partial charge in [-0.2, -0.15) is 5.10 Å². The van der Waals surface area contributed by atoms with Crippen molar-refractivity contribution in [2.24, 2.45) is 7.05 Å². The van der Waals surface area contributed by atoms with Gasteiger partial charge in [-0.05, 0) is 18.6 Å². The Kier molecular flexibility index (Phi) is 2.67. The highest BCUT2D eigenvalue weighted by molar-refractivity contribution is 5.81. The average molecular weight is 253 g/mol. The lowest BCUT2D eigenvalue weighted by atomic mass is 10.1. The van der Waals surface area contributed by atoms with Crippen LogP contribution in [0.15, 0.2) is 30.6 Å². The van der Waals surface area contributed by atoms with Gasteiger partial charge in [-0.3, -0.25) is 14.6 Å². The van der Waals surface area contributed by atoms with Crippen molar-refractivity contribution in [2.75, 3.05) is 5.73 Å². The summed E-state index contributed by atoms with van der Waals surface area (Å²) < 4.78 is 1.72. The lowest BCUT2D eigenvalue weighted by molar-refractivity contribution is 0.782. The van der Waals surface area contributed by atoms with E-state index in [0.717, 1.165) is 40.1 Å². The molecule has 1 aromatic carbocycles. The molecule has 0 radical (unpaired) electrons. The molecule has 0 bridgehead atoms. The molecule has 0 amide bonds. The van der Waals surface area contributed by atoms with Gasteiger partial charge in [-0.1, -0.05) is 13.0 Å². The van der Waals surface area contributed by atoms with Crippen LogP contribution in [0.25, 0.3) is 22.3 Å². The minimum Gasteiger partial charge on any atom is -0.384 e. The summed E-state index contributed by atoms with van der Waals surface area (Å²) in [4.78, 5) is 8.59. The number of fused-ring (bicyclic) bond motifs is 1. The highest BCUT2D eigenvalue weighted by atomic mass is 15.3. The monoisotopic (exact) mass is 253 g/mol. The van der Waals surface area contributed by atoms with Crippen molar-refractivity contribution in [3.63, 3.8) is 0 Å². The molecule has 2 aromatic heterocycles. The zero-order valence-electron chi connectivity index (χ0n) is 11.0. The summed E-state index contributed by atoms with van der Waals surface area (Å²) in [6.45, 7) is 2.08. The van der Waals surface area contributed by atoms with Gasteiger partial charge in [-0.25, -0.2) is 0 Å². The molecule has 19 heavy (non-hydrogen) atoms. The van der Waals surface area contributed by atoms with Crippen LogP contribution in [0.4, 0.5) is 5.82 Å². The second-order valence-electron chi connectivity index (χ2n) is 4.45. The Balaban J connectivity index is 2.21. The molecule has 0 aliphatic heterocycles. The van der Waals surface area contributed by atoms with E-state index in [2.05, 4.69) is 22.0 Å². The van der Waals surface area contributed by atoms with Crippen molar-refractivity contribution in [3.05, 3.63) is 36.2 Å². The molecule has 2 heterocycles. The predicted molar refractivity (Wildman–Crippen MR) is 75.5 cm³/mol. The predicted octanol–water partition coefficient (Wildman–Crippen LogP) is 2.17. The van der Waals surface area contributed by atoms with Crippen molar-refractivity contribution in [2.45, 2.75) is 13.3 Å². The van der Waals surface area contributed by atoms with Crippen LogP contribution in [-0.4, -0.2) is 19.7 Å². The Hall–Kier alpha value is -2.43. The molecular weight excluding hydrogens is 238 g/mol. The number of hydrogen-bond acceptors (Lipinski definition) is 4. The number of rotatable bonds is 2. The first-order valence-corrected chi connectivity index (χ1v) is 6.23. The van der Waals surface area contributed by atoms with E-state index in [1.807, 2.05) is 25.2 Å². The van der Waals surface area contributed by atoms with E-state index in [9.17, 15) is 0 Å². The molecule has 2 N–H and O–H groups in total. The molecule has 0 spiro atoms. The first kappa shape index (κ1) is 11.6. The number of aryl methyl sites for hydroxylation is 1. The molecule has 0 atom stereocenters. The van der Waals surface area contributed by atoms with E-state index >= 15 is 0 Å². The van der Waals surface area contributed by atoms with E-state index in [4.69, 9.17) is 5.73 Å². The third-order valence-electron chi connectivity index (χ3n) is 3.29. The Morgan fingerprint density at radius 2 is 1.89 bits per heavy atom. The number of anilines is 1. The highest BCUT2D eigenvalue weighted by Crippen LogP contribution is 2.28. The van der Waals surface area contributed by atoms with Crippen LogP contribution >= 0.6 is 0 Å². The van der Waals surface area contributed by atoms with Crippen LogP contribution in [-0.2, 0) is 13.5 Å². The van der Waals surface area contributed by atoms with Crippen molar-refractivity contribution >= 4 is 16.9 Å². The number of hydrogen-bond donors (Lipinski definition) is 1. The summed E-state index contributed by atoms with van der Waals surface area (Å²) >= 11 is 0. The molecule has 0 aliphatic rings. The van der Waals surface area contributed by atoms with Crippen LogP contribution in [0, 0.1) is 0 Å². The molecular formula is C14H15N5. The number of nitrogens with two attached hydrogens (primary N) is 1. The summed E-state index contributed by atoms with van der Waals surface area (Å²) in [7, 11) is 1.86. The summed E-state index contributed by atoms with van der Waals surface area (Å²) in [5.74, 6) is 0.719.